The van der Waals surface area contributed by atoms with E-state index in [2.05, 4.69) is 24.4 Å². The summed E-state index contributed by atoms with van der Waals surface area (Å²) in [6.45, 7) is 0. The van der Waals surface area contributed by atoms with Crippen molar-refractivity contribution in [1.29, 1.82) is 0 Å². The molecule has 0 aliphatic heterocycles. The van der Waals surface area contributed by atoms with Crippen molar-refractivity contribution in [2.24, 2.45) is 0 Å². The number of halogens is 1. The van der Waals surface area contributed by atoms with Gasteiger partial charge < -0.3 is 0 Å². The minimum Gasteiger partial charge on any atom is -0.147 e. The van der Waals surface area contributed by atoms with Gasteiger partial charge in [0.1, 0.15) is 0 Å². The Labute approximate surface area is 41.6 Å². The molecule has 0 fully saturated rings. The molecule has 0 bridgehead atoms. The fourth-order valence-electron chi connectivity index (χ4n) is 0. The summed E-state index contributed by atoms with van der Waals surface area (Å²) in [5, 5.41) is 0. The molecule has 0 N–H and O–H groups in total. The molecule has 0 aromatic carbocycles. The fraction of sp³-hybridized carbons (Fsp3) is 0. The molecule has 0 aromatic heterocycles. The van der Waals surface area contributed by atoms with Crippen LogP contribution in [0.3, 0.4) is 0 Å². The summed E-state index contributed by atoms with van der Waals surface area (Å²) in [7, 11) is 0. The van der Waals surface area contributed by atoms with Crippen molar-refractivity contribution in [3.8, 4) is 0 Å². The zero-order chi connectivity index (χ0) is 2.71. The predicted molar refractivity (Wildman–Crippen MR) is 27.4 cm³/mol. The highest BCUT2D eigenvalue weighted by Crippen LogP contribution is 1.29. The Hall–Kier alpha value is 0.510. The van der Waals surface area contributed by atoms with E-state index in [0.717, 1.165) is 0 Å². The predicted octanol–water partition coefficient (Wildman–Crippen LogP) is 1.44. The lowest BCUT2D eigenvalue weighted by Crippen LogP contribution is -0.917. The second-order valence-corrected chi connectivity index (χ2v) is 0.750. The van der Waals surface area contributed by atoms with E-state index in [0.29, 0.717) is 0 Å². The molecule has 3 heteroatoms. The van der Waals surface area contributed by atoms with E-state index in [1.165, 1.54) is 0 Å². The Morgan fingerprint density at radius 2 is 1.25 bits per heavy atom. The highest BCUT2D eigenvalue weighted by molar-refractivity contribution is 7.93. The first-order chi connectivity index (χ1) is 1.41. The molecule has 0 spiro atoms. The maximum absolute atomic E-state index is 3.96. The van der Waals surface area contributed by atoms with E-state index in [1.807, 2.05) is 4.31 Å². The van der Waals surface area contributed by atoms with Gasteiger partial charge in [0.05, 0.1) is 0 Å². The summed E-state index contributed by atoms with van der Waals surface area (Å²) < 4.78 is 1.92. The second-order valence-electron chi connectivity index (χ2n) is 0.0833. The van der Waals surface area contributed by atoms with Crippen LogP contribution < -0.4 is 0 Å². The van der Waals surface area contributed by atoms with Gasteiger partial charge in [0.15, 0.2) is 0 Å². The molecule has 4 heavy (non-hydrogen) atoms. The lowest BCUT2D eigenvalue weighted by atomic mass is 12.0. The van der Waals surface area contributed by atoms with E-state index in [9.17, 15) is 0 Å². The zero-order valence-electron chi connectivity index (χ0n) is 1.72. The Morgan fingerprint density at radius 1 is 1.25 bits per heavy atom. The molecule has 0 aromatic rings. The quantitative estimate of drug-likeness (QED) is 0.435. The molecule has 0 nitrogen and oxygen atoms in total. The van der Waals surface area contributed by atoms with Crippen molar-refractivity contribution >= 4 is 41.2 Å². The van der Waals surface area contributed by atoms with Crippen molar-refractivity contribution in [2.75, 3.05) is 0 Å². The number of rotatable bonds is 0. The lowest BCUT2D eigenvalue weighted by molar-refractivity contribution is 4.67. The molecule has 0 heterocycles. The van der Waals surface area contributed by atoms with Crippen LogP contribution >= 0.6 is 36.8 Å². The van der Waals surface area contributed by atoms with E-state index in [1.54, 1.807) is 0 Å². The van der Waals surface area contributed by atoms with Gasteiger partial charge in [-0.05, 0) is 24.4 Å². The number of thiocarbonyl (C=S) groups is 2. The SMILES string of the molecule is Cl.S=C=S. The smallest absolute Gasteiger partial charge is 0.0297 e. The van der Waals surface area contributed by atoms with E-state index >= 15 is 0 Å². The molecule has 0 rings (SSSR count). The Kier molecular flexibility index (Phi) is 21.4. The maximum Gasteiger partial charge on any atom is 0.0297 e. The molecule has 24 valence electrons. The normalized spacial score (nSPS) is 2.00. The zero-order valence-corrected chi connectivity index (χ0v) is 4.17. The second kappa shape index (κ2) is 9.70. The third-order valence-corrected chi connectivity index (χ3v) is 0. The Bertz CT molecular complexity index is 27.0. The van der Waals surface area contributed by atoms with Crippen LogP contribution in [-0.4, -0.2) is 4.31 Å². The highest BCUT2D eigenvalue weighted by atomic mass is 35.5. The summed E-state index contributed by atoms with van der Waals surface area (Å²) in [5.74, 6) is 0. The van der Waals surface area contributed by atoms with Crippen molar-refractivity contribution in [3.05, 3.63) is 0 Å². The van der Waals surface area contributed by atoms with Crippen LogP contribution in [0.4, 0.5) is 0 Å². The third-order valence-electron chi connectivity index (χ3n) is 0. The maximum atomic E-state index is 3.96. The minimum absolute atomic E-state index is 0. The fourth-order valence-corrected chi connectivity index (χ4v) is 0. The first-order valence-electron chi connectivity index (χ1n) is 0.408. The molecule has 0 unspecified atom stereocenters. The molecule has 0 radical (unpaired) electrons. The van der Waals surface area contributed by atoms with Gasteiger partial charge in [-0.1, -0.05) is 0 Å². The summed E-state index contributed by atoms with van der Waals surface area (Å²) in [6.07, 6.45) is 0. The van der Waals surface area contributed by atoms with Crippen molar-refractivity contribution in [3.63, 3.8) is 0 Å². The van der Waals surface area contributed by atoms with Gasteiger partial charge in [0.25, 0.3) is 0 Å². The first-order valence-corrected chi connectivity index (χ1v) is 1.22. The Balaban J connectivity index is 0. The van der Waals surface area contributed by atoms with Crippen molar-refractivity contribution in [1.82, 2.24) is 0 Å². The van der Waals surface area contributed by atoms with Crippen LogP contribution in [0.2, 0.25) is 0 Å². The van der Waals surface area contributed by atoms with Crippen molar-refractivity contribution < 1.29 is 0 Å². The third kappa shape index (κ3) is 22.0. The van der Waals surface area contributed by atoms with Gasteiger partial charge in [0, 0.05) is 4.31 Å². The summed E-state index contributed by atoms with van der Waals surface area (Å²) in [4.78, 5) is 0. The monoisotopic (exact) mass is 112 g/mol. The highest BCUT2D eigenvalue weighted by Gasteiger charge is 1.01. The molecule has 0 saturated carbocycles. The largest absolute Gasteiger partial charge is 0.147 e. The average molecular weight is 113 g/mol. The summed E-state index contributed by atoms with van der Waals surface area (Å²) >= 11 is 7.92. The number of hydrogen-bond acceptors (Lipinski definition) is 2. The van der Waals surface area contributed by atoms with Gasteiger partial charge in [0.2, 0.25) is 0 Å². The van der Waals surface area contributed by atoms with Crippen LogP contribution in [0, 0.1) is 0 Å². The molecule has 0 amide bonds. The molecular weight excluding hydrogens is 112 g/mol. The summed E-state index contributed by atoms with van der Waals surface area (Å²) in [5.41, 5.74) is 0. The molecule has 0 aliphatic carbocycles. The van der Waals surface area contributed by atoms with Gasteiger partial charge >= 0.3 is 0 Å². The van der Waals surface area contributed by atoms with Gasteiger partial charge in [-0.3, -0.25) is 0 Å². The Morgan fingerprint density at radius 3 is 1.25 bits per heavy atom. The van der Waals surface area contributed by atoms with Gasteiger partial charge in [-0.15, -0.1) is 12.4 Å². The van der Waals surface area contributed by atoms with Gasteiger partial charge in [-0.25, -0.2) is 0 Å². The van der Waals surface area contributed by atoms with E-state index < -0.39 is 0 Å². The van der Waals surface area contributed by atoms with Crippen LogP contribution in [0.15, 0.2) is 0 Å². The molecule has 0 atom stereocenters. The lowest BCUT2D eigenvalue weighted by Gasteiger charge is -0.992. The molecule has 0 saturated heterocycles. The minimum atomic E-state index is 0. The van der Waals surface area contributed by atoms with Crippen LogP contribution in [-0.2, 0) is 0 Å². The first kappa shape index (κ1) is 8.82. The van der Waals surface area contributed by atoms with Crippen LogP contribution in [0.1, 0.15) is 0 Å². The van der Waals surface area contributed by atoms with E-state index in [4.69, 9.17) is 0 Å². The van der Waals surface area contributed by atoms with Crippen LogP contribution in [0.25, 0.3) is 0 Å². The van der Waals surface area contributed by atoms with E-state index in [-0.39, 0.29) is 12.4 Å². The van der Waals surface area contributed by atoms with Gasteiger partial charge in [-0.2, -0.15) is 0 Å². The standard InChI is InChI=1S/CS2.ClH/c2-1-3;/h;1H. The molecular formula is CHClS2. The number of hydrogen-bond donors (Lipinski definition) is 0. The van der Waals surface area contributed by atoms with Crippen LogP contribution in [0.5, 0.6) is 0 Å². The summed E-state index contributed by atoms with van der Waals surface area (Å²) in [6, 6.07) is 0. The average Bonchev–Trinajstić information content (AvgIpc) is 0.918. The molecule has 0 aliphatic rings. The van der Waals surface area contributed by atoms with Crippen molar-refractivity contribution in [2.45, 2.75) is 0 Å². The topological polar surface area (TPSA) is 0 Å².